The second kappa shape index (κ2) is 8.34. The van der Waals surface area contributed by atoms with Gasteiger partial charge >= 0.3 is 6.18 Å². The lowest BCUT2D eigenvalue weighted by atomic mass is 10.0. The Balaban J connectivity index is 2.33. The minimum Gasteiger partial charge on any atom is -0.302 e. The van der Waals surface area contributed by atoms with Crippen molar-refractivity contribution < 1.29 is 13.2 Å². The summed E-state index contributed by atoms with van der Waals surface area (Å²) in [6.07, 6.45) is -1.65. The van der Waals surface area contributed by atoms with Gasteiger partial charge in [-0.2, -0.15) is 18.4 Å². The fourth-order valence-electron chi connectivity index (χ4n) is 2.34. The lowest BCUT2D eigenvalue weighted by molar-refractivity contribution is -0.137. The molecule has 0 aliphatic heterocycles. The Morgan fingerprint density at radius 3 is 2.62 bits per heavy atom. The molecule has 1 aromatic heterocycles. The van der Waals surface area contributed by atoms with Gasteiger partial charge in [0.1, 0.15) is 5.49 Å². The van der Waals surface area contributed by atoms with Crippen molar-refractivity contribution in [3.8, 4) is 6.07 Å². The monoisotopic (exact) mass is 357 g/mol. The molecule has 26 heavy (non-hydrogen) atoms. The molecule has 1 heterocycles. The highest BCUT2D eigenvalue weighted by Crippen LogP contribution is 2.32. The van der Waals surface area contributed by atoms with Gasteiger partial charge in [0.05, 0.1) is 11.6 Å². The molecule has 0 saturated carbocycles. The average Bonchev–Trinajstić information content (AvgIpc) is 2.64. The Hall–Kier alpha value is -3.07. The van der Waals surface area contributed by atoms with Crippen LogP contribution in [0.2, 0.25) is 0 Å². The number of aromatic nitrogens is 1. The topological polar surface area (TPSA) is 41.1 Å². The molecule has 0 fully saturated rings. The summed E-state index contributed by atoms with van der Waals surface area (Å²) in [5, 5.41) is 8.58. The summed E-state index contributed by atoms with van der Waals surface area (Å²) in [6, 6.07) is 12.4. The van der Waals surface area contributed by atoms with Crippen molar-refractivity contribution in [3.63, 3.8) is 0 Å². The van der Waals surface area contributed by atoms with Crippen LogP contribution >= 0.6 is 0 Å². The van der Waals surface area contributed by atoms with Crippen LogP contribution in [0.3, 0.4) is 0 Å². The first-order chi connectivity index (χ1) is 12.3. The number of hydrogen-bond acceptors (Lipinski definition) is 2. The maximum Gasteiger partial charge on any atom is 0.416 e. The largest absolute Gasteiger partial charge is 0.416 e. The molecule has 0 N–H and O–H groups in total. The average molecular weight is 357 g/mol. The van der Waals surface area contributed by atoms with Gasteiger partial charge in [0.25, 0.3) is 0 Å². The number of alkyl halides is 3. The van der Waals surface area contributed by atoms with Gasteiger partial charge in [-0.1, -0.05) is 31.4 Å². The molecule has 0 saturated heterocycles. The molecule has 3 nitrogen and oxygen atoms in total. The van der Waals surface area contributed by atoms with Crippen LogP contribution < -0.4 is 5.49 Å². The number of unbranched alkanes of at least 4 members (excludes halogenated alkanes) is 1. The first kappa shape index (κ1) is 19.3. The van der Waals surface area contributed by atoms with Gasteiger partial charge in [-0.15, -0.1) is 0 Å². The molecule has 2 aromatic rings. The number of rotatable bonds is 6. The van der Waals surface area contributed by atoms with Crippen molar-refractivity contribution in [1.29, 1.82) is 5.26 Å². The van der Waals surface area contributed by atoms with Gasteiger partial charge in [0.2, 0.25) is 0 Å². The quantitative estimate of drug-likeness (QED) is 0.536. The predicted octanol–water partition coefficient (Wildman–Crippen LogP) is 4.90. The Bertz CT molecular complexity index is 915. The van der Waals surface area contributed by atoms with Crippen LogP contribution in [-0.4, -0.2) is 11.1 Å². The number of pyridine rings is 1. The summed E-state index contributed by atoms with van der Waals surface area (Å²) in [4.78, 5) is 4.43. The molecule has 0 amide bonds. The van der Waals surface area contributed by atoms with E-state index in [2.05, 4.69) is 24.2 Å². The van der Waals surface area contributed by atoms with E-state index in [9.17, 15) is 13.2 Å². The van der Waals surface area contributed by atoms with Crippen LogP contribution in [0.1, 0.15) is 24.0 Å². The Kier molecular flexibility index (Phi) is 6.18. The van der Waals surface area contributed by atoms with Crippen molar-refractivity contribution in [2.45, 2.75) is 19.0 Å². The molecule has 2 rings (SSSR count). The van der Waals surface area contributed by atoms with Gasteiger partial charge in [-0.05, 0) is 41.8 Å². The standard InChI is InChI=1S/C20H18F3N3/c1-15(17-8-7-9-18(14-17)20(21,22)23)16(2)26-13-6-3-10-19(26)25-12-5-4-11-24/h3,6-10,13-14H,1-2,4-5,12H2/b25-19+. The smallest absolute Gasteiger partial charge is 0.302 e. The van der Waals surface area contributed by atoms with Crippen molar-refractivity contribution in [2.75, 3.05) is 6.54 Å². The summed E-state index contributed by atoms with van der Waals surface area (Å²) in [6.45, 7) is 8.34. The highest BCUT2D eigenvalue weighted by Gasteiger charge is 2.30. The molecule has 0 atom stereocenters. The van der Waals surface area contributed by atoms with E-state index in [4.69, 9.17) is 5.26 Å². The molecule has 6 heteroatoms. The van der Waals surface area contributed by atoms with E-state index in [0.29, 0.717) is 41.7 Å². The minimum absolute atomic E-state index is 0.344. The van der Waals surface area contributed by atoms with E-state index in [-0.39, 0.29) is 0 Å². The fraction of sp³-hybridized carbons (Fsp3) is 0.200. The van der Waals surface area contributed by atoms with E-state index in [0.717, 1.165) is 12.1 Å². The van der Waals surface area contributed by atoms with Crippen LogP contribution in [0.4, 0.5) is 13.2 Å². The van der Waals surface area contributed by atoms with Crippen LogP contribution in [0.5, 0.6) is 0 Å². The maximum absolute atomic E-state index is 12.9. The van der Waals surface area contributed by atoms with Gasteiger partial charge in [0.15, 0.2) is 0 Å². The molecule has 0 spiro atoms. The van der Waals surface area contributed by atoms with Gasteiger partial charge < -0.3 is 4.57 Å². The number of nitriles is 1. The summed E-state index contributed by atoms with van der Waals surface area (Å²) in [5.74, 6) is 0. The van der Waals surface area contributed by atoms with Crippen LogP contribution in [0.15, 0.2) is 66.8 Å². The Morgan fingerprint density at radius 2 is 1.92 bits per heavy atom. The zero-order valence-corrected chi connectivity index (χ0v) is 14.1. The molecule has 0 bridgehead atoms. The SMILES string of the molecule is C=C(C(=C)n1cccc/c1=N\CCCC#N)c1cccc(C(F)(F)F)c1. The van der Waals surface area contributed by atoms with Gasteiger partial charge in [0, 0.05) is 24.9 Å². The lowest BCUT2D eigenvalue weighted by Gasteiger charge is -2.15. The molecule has 0 aliphatic rings. The number of halogens is 3. The third-order valence-corrected chi connectivity index (χ3v) is 3.74. The van der Waals surface area contributed by atoms with E-state index in [1.54, 1.807) is 35.0 Å². The zero-order valence-electron chi connectivity index (χ0n) is 14.1. The molecule has 0 aliphatic carbocycles. The van der Waals surface area contributed by atoms with Crippen molar-refractivity contribution in [3.05, 3.63) is 78.4 Å². The van der Waals surface area contributed by atoms with E-state index in [1.807, 2.05) is 0 Å². The lowest BCUT2D eigenvalue weighted by Crippen LogP contribution is -2.19. The minimum atomic E-state index is -4.42. The highest BCUT2D eigenvalue weighted by molar-refractivity contribution is 5.95. The fourth-order valence-corrected chi connectivity index (χ4v) is 2.34. The summed E-state index contributed by atoms with van der Waals surface area (Å²) < 4.78 is 40.5. The first-order valence-electron chi connectivity index (χ1n) is 7.96. The van der Waals surface area contributed by atoms with Gasteiger partial charge in [-0.3, -0.25) is 4.99 Å². The molecular formula is C20H18F3N3. The Labute approximate surface area is 150 Å². The van der Waals surface area contributed by atoms with Crippen molar-refractivity contribution >= 4 is 11.3 Å². The molecule has 1 aromatic carbocycles. The predicted molar refractivity (Wildman–Crippen MR) is 95.5 cm³/mol. The van der Waals surface area contributed by atoms with Gasteiger partial charge in [-0.25, -0.2) is 0 Å². The molecular weight excluding hydrogens is 339 g/mol. The first-order valence-corrected chi connectivity index (χ1v) is 7.96. The normalized spacial score (nSPS) is 11.8. The number of nitrogens with zero attached hydrogens (tertiary/aromatic N) is 3. The zero-order chi connectivity index (χ0) is 19.2. The summed E-state index contributed by atoms with van der Waals surface area (Å²) in [5.41, 5.74) is 1.02. The molecule has 134 valence electrons. The number of benzene rings is 1. The van der Waals surface area contributed by atoms with Crippen LogP contribution in [0.25, 0.3) is 11.3 Å². The third kappa shape index (κ3) is 4.73. The number of hydrogen-bond donors (Lipinski definition) is 0. The summed E-state index contributed by atoms with van der Waals surface area (Å²) in [7, 11) is 0. The van der Waals surface area contributed by atoms with Crippen molar-refractivity contribution in [2.24, 2.45) is 4.99 Å². The molecule has 0 unspecified atom stereocenters. The second-order valence-electron chi connectivity index (χ2n) is 5.58. The molecule has 0 radical (unpaired) electrons. The highest BCUT2D eigenvalue weighted by atomic mass is 19.4. The van der Waals surface area contributed by atoms with E-state index < -0.39 is 11.7 Å². The summed E-state index contributed by atoms with van der Waals surface area (Å²) >= 11 is 0. The Morgan fingerprint density at radius 1 is 1.15 bits per heavy atom. The van der Waals surface area contributed by atoms with E-state index in [1.165, 1.54) is 6.07 Å². The van der Waals surface area contributed by atoms with Crippen LogP contribution in [-0.2, 0) is 6.18 Å². The van der Waals surface area contributed by atoms with Crippen molar-refractivity contribution in [1.82, 2.24) is 4.57 Å². The van der Waals surface area contributed by atoms with E-state index >= 15 is 0 Å². The third-order valence-electron chi connectivity index (χ3n) is 3.74. The van der Waals surface area contributed by atoms with Crippen LogP contribution in [0, 0.1) is 11.3 Å². The second-order valence-corrected chi connectivity index (χ2v) is 5.58. The maximum atomic E-state index is 12.9. The number of allylic oxidation sites excluding steroid dienone is 2.